The first-order chi connectivity index (χ1) is 12.0. The highest BCUT2D eigenvalue weighted by molar-refractivity contribution is 5.72. The molecule has 1 aliphatic rings. The fraction of sp³-hybridized carbons (Fsp3) is 0.650. The molecule has 0 unspecified atom stereocenters. The van der Waals surface area contributed by atoms with E-state index in [-0.39, 0.29) is 12.6 Å². The molecule has 0 aliphatic heterocycles. The second kappa shape index (κ2) is 9.54. The number of carbonyl (C=O) groups is 1. The van der Waals surface area contributed by atoms with E-state index in [1.807, 2.05) is 18.2 Å². The average Bonchev–Trinajstić information content (AvgIpc) is 2.59. The number of nitrogens with two attached hydrogens (primary N) is 1. The van der Waals surface area contributed by atoms with E-state index in [2.05, 4.69) is 18.7 Å². The number of carbonyl (C=O) groups excluding carboxylic acids is 1. The maximum absolute atomic E-state index is 11.4. The first kappa shape index (κ1) is 19.4. The van der Waals surface area contributed by atoms with Gasteiger partial charge in [-0.2, -0.15) is 0 Å². The van der Waals surface area contributed by atoms with Crippen molar-refractivity contribution in [3.63, 3.8) is 0 Å². The van der Waals surface area contributed by atoms with E-state index in [0.29, 0.717) is 30.0 Å². The molecule has 1 aliphatic carbocycles. The number of anilines is 2. The summed E-state index contributed by atoms with van der Waals surface area (Å²) in [4.78, 5) is 13.9. The summed E-state index contributed by atoms with van der Waals surface area (Å²) in [6.07, 6.45) is 6.38. The summed E-state index contributed by atoms with van der Waals surface area (Å²) in [5.74, 6) is 0.803. The lowest BCUT2D eigenvalue weighted by Crippen LogP contribution is -2.39. The van der Waals surface area contributed by atoms with Crippen molar-refractivity contribution in [2.45, 2.75) is 58.9 Å². The van der Waals surface area contributed by atoms with Gasteiger partial charge in [0, 0.05) is 18.7 Å². The lowest BCUT2D eigenvalue weighted by atomic mass is 9.93. The fourth-order valence-corrected chi connectivity index (χ4v) is 3.46. The molecular formula is C20H32N2O3. The van der Waals surface area contributed by atoms with Crippen molar-refractivity contribution < 1.29 is 14.3 Å². The Morgan fingerprint density at radius 3 is 2.60 bits per heavy atom. The van der Waals surface area contributed by atoms with Crippen LogP contribution < -0.4 is 15.4 Å². The molecule has 1 aromatic rings. The number of nitrogens with zero attached hydrogens (tertiary/aromatic N) is 1. The van der Waals surface area contributed by atoms with Gasteiger partial charge in [-0.25, -0.2) is 4.79 Å². The molecule has 25 heavy (non-hydrogen) atoms. The second-order valence-corrected chi connectivity index (χ2v) is 7.15. The van der Waals surface area contributed by atoms with E-state index >= 15 is 0 Å². The van der Waals surface area contributed by atoms with Crippen molar-refractivity contribution in [1.82, 2.24) is 0 Å². The van der Waals surface area contributed by atoms with Crippen LogP contribution in [0.25, 0.3) is 0 Å². The minimum atomic E-state index is -0.367. The van der Waals surface area contributed by atoms with Crippen LogP contribution in [0.1, 0.15) is 52.9 Å². The number of nitrogen functional groups attached to an aromatic ring is 1. The van der Waals surface area contributed by atoms with Crippen LogP contribution in [0.15, 0.2) is 18.2 Å². The monoisotopic (exact) mass is 348 g/mol. The van der Waals surface area contributed by atoms with Gasteiger partial charge in [0.15, 0.2) is 6.61 Å². The number of esters is 1. The van der Waals surface area contributed by atoms with Gasteiger partial charge in [0.05, 0.1) is 18.0 Å². The molecule has 0 radical (unpaired) electrons. The van der Waals surface area contributed by atoms with Crippen LogP contribution in [0.2, 0.25) is 0 Å². The molecule has 2 rings (SSSR count). The highest BCUT2D eigenvalue weighted by Crippen LogP contribution is 2.33. The van der Waals surface area contributed by atoms with Crippen LogP contribution in [0.3, 0.4) is 0 Å². The summed E-state index contributed by atoms with van der Waals surface area (Å²) in [5, 5.41) is 0. The summed E-state index contributed by atoms with van der Waals surface area (Å²) in [7, 11) is 0. The summed E-state index contributed by atoms with van der Waals surface area (Å²) < 4.78 is 10.4. The van der Waals surface area contributed by atoms with Crippen LogP contribution in [0.5, 0.6) is 5.75 Å². The molecule has 140 valence electrons. The smallest absolute Gasteiger partial charge is 0.344 e. The van der Waals surface area contributed by atoms with Gasteiger partial charge in [-0.1, -0.05) is 33.1 Å². The van der Waals surface area contributed by atoms with Gasteiger partial charge in [-0.05, 0) is 37.8 Å². The quantitative estimate of drug-likeness (QED) is 0.568. The van der Waals surface area contributed by atoms with Crippen LogP contribution in [-0.4, -0.2) is 31.8 Å². The Morgan fingerprint density at radius 2 is 2.00 bits per heavy atom. The molecule has 5 heteroatoms. The molecule has 0 spiro atoms. The third-order valence-corrected chi connectivity index (χ3v) is 4.55. The Balaban J connectivity index is 2.10. The summed E-state index contributed by atoms with van der Waals surface area (Å²) >= 11 is 0. The molecule has 0 saturated heterocycles. The zero-order valence-electron chi connectivity index (χ0n) is 15.8. The highest BCUT2D eigenvalue weighted by Gasteiger charge is 2.23. The van der Waals surface area contributed by atoms with Crippen molar-refractivity contribution in [3.05, 3.63) is 18.2 Å². The van der Waals surface area contributed by atoms with Gasteiger partial charge in [-0.3, -0.25) is 0 Å². The molecule has 0 heterocycles. The third kappa shape index (κ3) is 5.83. The average molecular weight is 348 g/mol. The van der Waals surface area contributed by atoms with Crippen LogP contribution in [0, 0.1) is 5.92 Å². The number of rotatable bonds is 8. The molecule has 0 amide bonds. The third-order valence-electron chi connectivity index (χ3n) is 4.55. The first-order valence-corrected chi connectivity index (χ1v) is 9.45. The number of hydrogen-bond donors (Lipinski definition) is 1. The Bertz CT molecular complexity index is 554. The predicted molar refractivity (Wildman–Crippen MR) is 102 cm³/mol. The van der Waals surface area contributed by atoms with Crippen LogP contribution in [-0.2, 0) is 9.53 Å². The molecule has 1 saturated carbocycles. The molecule has 0 atom stereocenters. The normalized spacial score (nSPS) is 15.2. The predicted octanol–water partition coefficient (Wildman–Crippen LogP) is 4.01. The van der Waals surface area contributed by atoms with Gasteiger partial charge in [0.25, 0.3) is 0 Å². The molecule has 1 aromatic carbocycles. The van der Waals surface area contributed by atoms with Crippen molar-refractivity contribution in [2.24, 2.45) is 5.92 Å². The maximum Gasteiger partial charge on any atom is 0.344 e. The molecular weight excluding hydrogens is 316 g/mol. The van der Waals surface area contributed by atoms with Crippen molar-refractivity contribution >= 4 is 17.3 Å². The molecule has 0 bridgehead atoms. The van der Waals surface area contributed by atoms with Gasteiger partial charge >= 0.3 is 5.97 Å². The molecule has 2 N–H and O–H groups in total. The van der Waals surface area contributed by atoms with Crippen molar-refractivity contribution in [1.29, 1.82) is 0 Å². The van der Waals surface area contributed by atoms with Crippen LogP contribution in [0.4, 0.5) is 11.4 Å². The van der Waals surface area contributed by atoms with Crippen molar-refractivity contribution in [2.75, 3.05) is 30.4 Å². The Labute approximate surface area is 151 Å². The standard InChI is InChI=1S/C20H32N2O3/c1-4-24-20(23)14-25-17-10-11-19(18(21)12-17)22(13-15(2)3)16-8-6-5-7-9-16/h10-12,15-16H,4-9,13-14,21H2,1-3H3. The second-order valence-electron chi connectivity index (χ2n) is 7.15. The highest BCUT2D eigenvalue weighted by atomic mass is 16.6. The zero-order chi connectivity index (χ0) is 18.2. The van der Waals surface area contributed by atoms with Gasteiger partial charge in [0.2, 0.25) is 0 Å². The minimum absolute atomic E-state index is 0.0923. The summed E-state index contributed by atoms with van der Waals surface area (Å²) in [5.41, 5.74) is 8.11. The summed E-state index contributed by atoms with van der Waals surface area (Å²) in [6.45, 7) is 7.52. The lowest BCUT2D eigenvalue weighted by molar-refractivity contribution is -0.145. The zero-order valence-corrected chi connectivity index (χ0v) is 15.8. The largest absolute Gasteiger partial charge is 0.482 e. The van der Waals surface area contributed by atoms with Gasteiger partial charge in [-0.15, -0.1) is 0 Å². The van der Waals surface area contributed by atoms with Gasteiger partial charge in [0.1, 0.15) is 5.75 Å². The van der Waals surface area contributed by atoms with Gasteiger partial charge < -0.3 is 20.1 Å². The van der Waals surface area contributed by atoms with E-state index in [4.69, 9.17) is 15.2 Å². The lowest BCUT2D eigenvalue weighted by Gasteiger charge is -2.38. The SMILES string of the molecule is CCOC(=O)COc1ccc(N(CC(C)C)C2CCCCC2)c(N)c1. The van der Waals surface area contributed by atoms with E-state index in [9.17, 15) is 4.79 Å². The van der Waals surface area contributed by atoms with E-state index < -0.39 is 0 Å². The topological polar surface area (TPSA) is 64.8 Å². The Hall–Kier alpha value is -1.91. The summed E-state index contributed by atoms with van der Waals surface area (Å²) in [6, 6.07) is 6.28. The number of benzene rings is 1. The number of hydrogen-bond acceptors (Lipinski definition) is 5. The molecule has 0 aromatic heterocycles. The Kier molecular flexibility index (Phi) is 7.41. The fourth-order valence-electron chi connectivity index (χ4n) is 3.46. The van der Waals surface area contributed by atoms with Crippen molar-refractivity contribution in [3.8, 4) is 5.75 Å². The minimum Gasteiger partial charge on any atom is -0.482 e. The number of ether oxygens (including phenoxy) is 2. The molecule has 1 fully saturated rings. The van der Waals surface area contributed by atoms with E-state index in [1.165, 1.54) is 32.1 Å². The van der Waals surface area contributed by atoms with E-state index in [1.54, 1.807) is 6.92 Å². The van der Waals surface area contributed by atoms with Crippen LogP contribution >= 0.6 is 0 Å². The molecule has 5 nitrogen and oxygen atoms in total. The Morgan fingerprint density at radius 1 is 1.28 bits per heavy atom. The maximum atomic E-state index is 11.4. The first-order valence-electron chi connectivity index (χ1n) is 9.45. The van der Waals surface area contributed by atoms with E-state index in [0.717, 1.165) is 12.2 Å².